The molecule has 49 heavy (non-hydrogen) atoms. The largest absolute Gasteiger partial charge is 0 e. The maximum absolute atomic E-state index is 11.7. The molecule has 1 N–H and O–H groups in total. The number of allylic oxidation sites excluding steroid dienone is 2. The minimum atomic E-state index is -2.28. The molecule has 2 heterocycles. The Kier molecular flexibility index (Phi) is 12.6. The molecule has 2 aromatic heterocycles. The number of aromatic nitrogens is 1. The number of aliphatic hydroxyl groups is 1. The minimum Gasteiger partial charge on any atom is 0 e. The van der Waals surface area contributed by atoms with E-state index in [1.54, 1.807) is 0 Å². The summed E-state index contributed by atoms with van der Waals surface area (Å²) in [5.74, 6) is 7.94. The van der Waals surface area contributed by atoms with Gasteiger partial charge in [0.2, 0.25) is 0 Å². The van der Waals surface area contributed by atoms with Crippen molar-refractivity contribution in [1.82, 2.24) is 0 Å². The van der Waals surface area contributed by atoms with E-state index in [-0.39, 0.29) is 43.5 Å². The number of aliphatic hydroxyl groups excluding tert-OH is 1. The molecule has 6 aromatic rings. The Morgan fingerprint density at radius 3 is 2.12 bits per heavy atom. The molecule has 4 nitrogen and oxygen atoms in total. The topological polar surface area (TPSA) is 54.3 Å². The van der Waals surface area contributed by atoms with Gasteiger partial charge in [-0.15, -0.1) is 0 Å². The van der Waals surface area contributed by atoms with Crippen molar-refractivity contribution in [1.29, 1.82) is 0 Å². The predicted molar refractivity (Wildman–Crippen MR) is 206 cm³/mol. The Morgan fingerprint density at radius 2 is 1.49 bits per heavy atom. The van der Waals surface area contributed by atoms with Crippen LogP contribution in [0.25, 0.3) is 54.9 Å². The summed E-state index contributed by atoms with van der Waals surface area (Å²) in [6.45, 7) is 10.2. The Hall–Kier alpha value is -3.38. The van der Waals surface area contributed by atoms with Crippen LogP contribution in [-0.4, -0.2) is 24.2 Å². The molecule has 0 aliphatic rings. The van der Waals surface area contributed by atoms with Crippen molar-refractivity contribution in [2.75, 3.05) is 0 Å². The first-order valence-electron chi connectivity index (χ1n) is 17.4. The summed E-state index contributed by atoms with van der Waals surface area (Å²) < 4.78 is 9.96. The molecule has 0 aliphatic carbocycles. The summed E-state index contributed by atoms with van der Waals surface area (Å²) in [5.41, 5.74) is 6.08. The fraction of sp³-hybridized carbons (Fsp3) is 0.326. The van der Waals surface area contributed by atoms with Crippen LogP contribution in [0.5, 0.6) is 0 Å². The van der Waals surface area contributed by atoms with Gasteiger partial charge in [0.15, 0.2) is 5.78 Å². The number of rotatable bonds is 9. The van der Waals surface area contributed by atoms with Crippen molar-refractivity contribution in [2.45, 2.75) is 77.6 Å². The molecule has 0 bridgehead atoms. The van der Waals surface area contributed by atoms with Gasteiger partial charge in [-0.3, -0.25) is 4.79 Å². The molecular weight excluding hydrogens is 843 g/mol. The number of hydrogen-bond acceptors (Lipinski definition) is 3. The maximum atomic E-state index is 11.7. The van der Waals surface area contributed by atoms with E-state index in [2.05, 4.69) is 103 Å². The Balaban J connectivity index is 0.000000290. The molecule has 259 valence electrons. The molecular formula is C43H50GeIrNO3-. The molecule has 0 amide bonds. The van der Waals surface area contributed by atoms with Gasteiger partial charge in [0.25, 0.3) is 0 Å². The number of fused-ring (bicyclic) bond motifs is 6. The van der Waals surface area contributed by atoms with Crippen molar-refractivity contribution in [3.63, 3.8) is 0 Å². The standard InChI is InChI=1S/C30H26GeNO.C13H24O2.Ir/c1-19-16-23-22-12-8-9-13-28(22)33-30(23)24(17-19)27-18-25(31(2,3)4)29-21-11-7-6-10-20(21)14-15-26(29)32(27)5;1-5-10(6-2)12(14)9-13(15)11(7-3)8-4;/h6-16,18H,5H2,1-4H3;9-11,14H,5-8H2,1-4H3;/q-1;;/b;12-9-;. The molecule has 0 saturated carbocycles. The molecule has 0 spiro atoms. The second kappa shape index (κ2) is 16.1. The third-order valence-electron chi connectivity index (χ3n) is 9.73. The summed E-state index contributed by atoms with van der Waals surface area (Å²) in [4.78, 5) is 11.7. The second-order valence-corrected chi connectivity index (χ2v) is 24.5. The first kappa shape index (κ1) is 38.4. The van der Waals surface area contributed by atoms with E-state index < -0.39 is 13.3 Å². The van der Waals surface area contributed by atoms with Crippen molar-refractivity contribution in [3.8, 4) is 11.3 Å². The predicted octanol–water partition coefficient (Wildman–Crippen LogP) is 11.0. The molecule has 0 unspecified atom stereocenters. The fourth-order valence-corrected chi connectivity index (χ4v) is 10.2. The Labute approximate surface area is 308 Å². The van der Waals surface area contributed by atoms with Crippen molar-refractivity contribution in [3.05, 3.63) is 103 Å². The zero-order valence-corrected chi connectivity index (χ0v) is 34.7. The fourth-order valence-electron chi connectivity index (χ4n) is 6.84. The molecule has 0 fully saturated rings. The van der Waals surface area contributed by atoms with Crippen molar-refractivity contribution in [2.24, 2.45) is 11.8 Å². The van der Waals surface area contributed by atoms with Crippen molar-refractivity contribution < 1.29 is 39.0 Å². The first-order valence-corrected chi connectivity index (χ1v) is 24.8. The third kappa shape index (κ3) is 7.85. The number of aryl methyl sites for hydroxylation is 1. The van der Waals surface area contributed by atoms with E-state index in [1.807, 2.05) is 39.8 Å². The van der Waals surface area contributed by atoms with E-state index in [4.69, 9.17) is 4.42 Å². The first-order chi connectivity index (χ1) is 22.9. The van der Waals surface area contributed by atoms with Gasteiger partial charge in [-0.1, -0.05) is 27.7 Å². The molecule has 1 radical (unpaired) electrons. The van der Waals surface area contributed by atoms with E-state index >= 15 is 0 Å². The molecule has 6 rings (SSSR count). The average molecular weight is 894 g/mol. The number of ketones is 1. The summed E-state index contributed by atoms with van der Waals surface area (Å²) in [5, 5.41) is 15.9. The van der Waals surface area contributed by atoms with Crippen LogP contribution in [0.4, 0.5) is 0 Å². The van der Waals surface area contributed by atoms with E-state index in [0.29, 0.717) is 0 Å². The zero-order valence-electron chi connectivity index (χ0n) is 30.2. The third-order valence-corrected chi connectivity index (χ3v) is 13.9. The number of carbonyl (C=O) groups excluding carboxylic acids is 1. The van der Waals surface area contributed by atoms with Gasteiger partial charge in [-0.2, -0.15) is 0 Å². The summed E-state index contributed by atoms with van der Waals surface area (Å²) in [6.07, 6.45) is 4.91. The quantitative estimate of drug-likeness (QED) is 0.0393. The molecule has 0 atom stereocenters. The average Bonchev–Trinajstić information content (AvgIpc) is 3.44. The van der Waals surface area contributed by atoms with Crippen molar-refractivity contribution >= 4 is 67.1 Å². The van der Waals surface area contributed by atoms with Gasteiger partial charge in [0.05, 0.1) is 5.76 Å². The van der Waals surface area contributed by atoms with E-state index in [0.717, 1.165) is 70.0 Å². The van der Waals surface area contributed by atoms with Gasteiger partial charge in [-0.05, 0) is 25.7 Å². The van der Waals surface area contributed by atoms with Crippen LogP contribution in [0.3, 0.4) is 0 Å². The zero-order chi connectivity index (χ0) is 34.7. The number of para-hydroxylation sites is 1. The Morgan fingerprint density at radius 1 is 0.878 bits per heavy atom. The minimum absolute atomic E-state index is 0. The van der Waals surface area contributed by atoms with Crippen LogP contribution in [0, 0.1) is 31.9 Å². The van der Waals surface area contributed by atoms with E-state index in [1.165, 1.54) is 26.6 Å². The summed E-state index contributed by atoms with van der Waals surface area (Å²) in [7, 11) is 4.52. The van der Waals surface area contributed by atoms with E-state index in [9.17, 15) is 9.90 Å². The van der Waals surface area contributed by atoms with Crippen LogP contribution in [0.15, 0.2) is 89.0 Å². The number of furan rings is 1. The number of benzene rings is 4. The summed E-state index contributed by atoms with van der Waals surface area (Å²) >= 11 is -2.28. The number of pyridine rings is 1. The number of hydrogen-bond donors (Lipinski definition) is 1. The monoisotopic (exact) mass is 895 g/mol. The molecule has 0 aliphatic heterocycles. The summed E-state index contributed by atoms with van der Waals surface area (Å²) in [6, 6.07) is 29.5. The van der Waals surface area contributed by atoms with Gasteiger partial charge in [-0.25, -0.2) is 0 Å². The molecule has 0 saturated heterocycles. The van der Waals surface area contributed by atoms with Gasteiger partial charge in [0.1, 0.15) is 0 Å². The van der Waals surface area contributed by atoms with Gasteiger partial charge >= 0.3 is 197 Å². The maximum Gasteiger partial charge on any atom is 0 e. The Bertz CT molecular complexity index is 2130. The molecule has 4 aromatic carbocycles. The van der Waals surface area contributed by atoms with Crippen LogP contribution in [0.1, 0.15) is 58.9 Å². The van der Waals surface area contributed by atoms with Gasteiger partial charge in [0, 0.05) is 38.0 Å². The molecule has 6 heteroatoms. The van der Waals surface area contributed by atoms with Crippen LogP contribution >= 0.6 is 0 Å². The number of nitrogens with zero attached hydrogens (tertiary/aromatic N) is 1. The number of carbonyl (C=O) groups is 1. The van der Waals surface area contributed by atoms with Crippen LogP contribution < -0.4 is 8.96 Å². The van der Waals surface area contributed by atoms with Crippen LogP contribution in [-0.2, 0) is 24.9 Å². The van der Waals surface area contributed by atoms with Gasteiger partial charge < -0.3 is 5.11 Å². The second-order valence-electron chi connectivity index (χ2n) is 14.0. The van der Waals surface area contributed by atoms with Crippen LogP contribution in [0.2, 0.25) is 17.3 Å². The SMILES string of the molecule is CCC(CC)C(=O)/C=C(\O)C(CC)CC.[CH2-][n+]1c(-c2[c-]c(C)cc3c2oc2ccccc23)c[c]([Ge]([CH3])([CH3])[CH3])c2c3ccccc3ccc21.[Ir]. The smallest absolute Gasteiger partial charge is 0 e. The normalized spacial score (nSPS) is 12.2.